The molecule has 72 valence electrons. The fourth-order valence-corrected chi connectivity index (χ4v) is 1.08. The Bertz CT molecular complexity index is 135. The summed E-state index contributed by atoms with van der Waals surface area (Å²) in [6, 6.07) is 0. The summed E-state index contributed by atoms with van der Waals surface area (Å²) in [7, 11) is 0. The summed E-state index contributed by atoms with van der Waals surface area (Å²) < 4.78 is 23.7. The van der Waals surface area contributed by atoms with Crippen molar-refractivity contribution in [1.82, 2.24) is 0 Å². The Hall–Kier alpha value is -0.400. The van der Waals surface area contributed by atoms with Crippen LogP contribution in [0, 0.1) is 5.92 Å². The van der Waals surface area contributed by atoms with Crippen molar-refractivity contribution in [2.45, 2.75) is 46.5 Å². The third kappa shape index (κ3) is 7.70. The third-order valence-corrected chi connectivity index (χ3v) is 1.79. The molecule has 0 aromatic carbocycles. The Morgan fingerprint density at radius 3 is 2.33 bits per heavy atom. The smallest absolute Gasteiger partial charge is 0.211 e. The summed E-state index contributed by atoms with van der Waals surface area (Å²) in [4.78, 5) is 0. The molecule has 0 amide bonds. The Morgan fingerprint density at radius 2 is 1.92 bits per heavy atom. The minimum Gasteiger partial charge on any atom is -0.211 e. The molecule has 0 radical (unpaired) electrons. The highest BCUT2D eigenvalue weighted by atomic mass is 19.3. The number of alkyl halides is 2. The highest BCUT2D eigenvalue weighted by Crippen LogP contribution is 2.16. The SMILES string of the molecule is CC(C)=CCC[C@@H](C)CC(F)F. The lowest BCUT2D eigenvalue weighted by atomic mass is 10.0. The molecule has 0 aliphatic carbocycles. The zero-order valence-electron chi connectivity index (χ0n) is 8.11. The summed E-state index contributed by atoms with van der Waals surface area (Å²) in [5.41, 5.74) is 1.26. The van der Waals surface area contributed by atoms with Crippen LogP contribution in [0.15, 0.2) is 11.6 Å². The predicted octanol–water partition coefficient (Wildman–Crippen LogP) is 4.02. The first-order chi connectivity index (χ1) is 5.52. The van der Waals surface area contributed by atoms with E-state index in [-0.39, 0.29) is 12.3 Å². The molecule has 0 heterocycles. The molecule has 0 saturated heterocycles. The highest BCUT2D eigenvalue weighted by molar-refractivity contribution is 4.92. The van der Waals surface area contributed by atoms with E-state index < -0.39 is 6.43 Å². The zero-order valence-corrected chi connectivity index (χ0v) is 8.11. The molecule has 1 atom stereocenters. The van der Waals surface area contributed by atoms with Crippen molar-refractivity contribution in [2.75, 3.05) is 0 Å². The van der Waals surface area contributed by atoms with Gasteiger partial charge in [-0.3, -0.25) is 0 Å². The monoisotopic (exact) mass is 176 g/mol. The van der Waals surface area contributed by atoms with Gasteiger partial charge in [-0.2, -0.15) is 0 Å². The molecule has 0 rings (SSSR count). The molecular weight excluding hydrogens is 158 g/mol. The largest absolute Gasteiger partial charge is 0.238 e. The van der Waals surface area contributed by atoms with Crippen molar-refractivity contribution in [3.8, 4) is 0 Å². The first-order valence-electron chi connectivity index (χ1n) is 4.44. The van der Waals surface area contributed by atoms with Gasteiger partial charge in [0.25, 0.3) is 0 Å². The van der Waals surface area contributed by atoms with Gasteiger partial charge < -0.3 is 0 Å². The molecule has 0 aliphatic heterocycles. The van der Waals surface area contributed by atoms with Gasteiger partial charge in [-0.25, -0.2) is 8.78 Å². The van der Waals surface area contributed by atoms with Gasteiger partial charge >= 0.3 is 0 Å². The van der Waals surface area contributed by atoms with Gasteiger partial charge in [0.1, 0.15) is 0 Å². The average molecular weight is 176 g/mol. The summed E-state index contributed by atoms with van der Waals surface area (Å²) in [5, 5.41) is 0. The van der Waals surface area contributed by atoms with E-state index in [1.54, 1.807) is 0 Å². The summed E-state index contributed by atoms with van der Waals surface area (Å²) >= 11 is 0. The number of hydrogen-bond acceptors (Lipinski definition) is 0. The Labute approximate surface area is 73.7 Å². The van der Waals surface area contributed by atoms with E-state index in [4.69, 9.17) is 0 Å². The van der Waals surface area contributed by atoms with E-state index in [1.807, 2.05) is 20.8 Å². The molecule has 0 aromatic heterocycles. The van der Waals surface area contributed by atoms with Gasteiger partial charge in [0.05, 0.1) is 0 Å². The van der Waals surface area contributed by atoms with Crippen molar-refractivity contribution in [3.05, 3.63) is 11.6 Å². The van der Waals surface area contributed by atoms with Crippen LogP contribution < -0.4 is 0 Å². The van der Waals surface area contributed by atoms with Crippen molar-refractivity contribution in [3.63, 3.8) is 0 Å². The molecule has 12 heavy (non-hydrogen) atoms. The molecule has 0 N–H and O–H groups in total. The summed E-state index contributed by atoms with van der Waals surface area (Å²) in [6.07, 6.45) is 1.79. The van der Waals surface area contributed by atoms with Gasteiger partial charge in [-0.15, -0.1) is 0 Å². The molecule has 0 nitrogen and oxygen atoms in total. The summed E-state index contributed by atoms with van der Waals surface area (Å²) in [5.74, 6) is 0.139. The number of allylic oxidation sites excluding steroid dienone is 2. The first kappa shape index (κ1) is 11.6. The highest BCUT2D eigenvalue weighted by Gasteiger charge is 2.08. The Balaban J connectivity index is 3.44. The van der Waals surface area contributed by atoms with E-state index in [9.17, 15) is 8.78 Å². The molecule has 0 saturated carbocycles. The van der Waals surface area contributed by atoms with Crippen LogP contribution in [0.5, 0.6) is 0 Å². The molecule has 0 bridgehead atoms. The predicted molar refractivity (Wildman–Crippen MR) is 48.5 cm³/mol. The van der Waals surface area contributed by atoms with Crippen LogP contribution in [0.2, 0.25) is 0 Å². The van der Waals surface area contributed by atoms with Gasteiger partial charge in [0, 0.05) is 6.42 Å². The maximum atomic E-state index is 11.9. The first-order valence-corrected chi connectivity index (χ1v) is 4.44. The van der Waals surface area contributed by atoms with Crippen LogP contribution in [0.25, 0.3) is 0 Å². The van der Waals surface area contributed by atoms with Crippen LogP contribution >= 0.6 is 0 Å². The van der Waals surface area contributed by atoms with E-state index in [2.05, 4.69) is 6.08 Å². The average Bonchev–Trinajstić information content (AvgIpc) is 1.84. The molecule has 0 fully saturated rings. The normalized spacial score (nSPS) is 13.2. The quantitative estimate of drug-likeness (QED) is 0.555. The van der Waals surface area contributed by atoms with Crippen LogP contribution in [0.4, 0.5) is 8.78 Å². The lowest BCUT2D eigenvalue weighted by molar-refractivity contribution is 0.116. The van der Waals surface area contributed by atoms with Crippen molar-refractivity contribution in [1.29, 1.82) is 0 Å². The molecule has 0 aromatic rings. The lowest BCUT2D eigenvalue weighted by Gasteiger charge is -2.08. The molecule has 0 unspecified atom stereocenters. The Kier molecular flexibility index (Phi) is 5.95. The molecule has 0 spiro atoms. The summed E-state index contributed by atoms with van der Waals surface area (Å²) in [6.45, 7) is 5.93. The lowest BCUT2D eigenvalue weighted by Crippen LogP contribution is -2.01. The van der Waals surface area contributed by atoms with E-state index in [0.29, 0.717) is 0 Å². The van der Waals surface area contributed by atoms with Crippen LogP contribution in [-0.4, -0.2) is 6.43 Å². The minimum atomic E-state index is -2.15. The van der Waals surface area contributed by atoms with Gasteiger partial charge in [-0.05, 0) is 32.6 Å². The van der Waals surface area contributed by atoms with Crippen molar-refractivity contribution < 1.29 is 8.78 Å². The fraction of sp³-hybridized carbons (Fsp3) is 0.800. The van der Waals surface area contributed by atoms with E-state index in [0.717, 1.165) is 12.8 Å². The maximum absolute atomic E-state index is 11.9. The van der Waals surface area contributed by atoms with Crippen LogP contribution in [0.1, 0.15) is 40.0 Å². The second-order valence-corrected chi connectivity index (χ2v) is 3.59. The van der Waals surface area contributed by atoms with Gasteiger partial charge in [-0.1, -0.05) is 18.6 Å². The molecule has 2 heteroatoms. The van der Waals surface area contributed by atoms with E-state index in [1.165, 1.54) is 5.57 Å². The minimum absolute atomic E-state index is 0.0383. The molecule has 0 aliphatic rings. The van der Waals surface area contributed by atoms with Crippen LogP contribution in [0.3, 0.4) is 0 Å². The Morgan fingerprint density at radius 1 is 1.33 bits per heavy atom. The fourth-order valence-electron chi connectivity index (χ4n) is 1.08. The second-order valence-electron chi connectivity index (χ2n) is 3.59. The zero-order chi connectivity index (χ0) is 9.56. The second kappa shape index (κ2) is 6.15. The van der Waals surface area contributed by atoms with Crippen molar-refractivity contribution >= 4 is 0 Å². The van der Waals surface area contributed by atoms with Crippen molar-refractivity contribution in [2.24, 2.45) is 5.92 Å². The maximum Gasteiger partial charge on any atom is 0.238 e. The van der Waals surface area contributed by atoms with Crippen LogP contribution in [-0.2, 0) is 0 Å². The number of hydrogen-bond donors (Lipinski definition) is 0. The number of rotatable bonds is 5. The van der Waals surface area contributed by atoms with E-state index >= 15 is 0 Å². The molecular formula is C10H18F2. The standard InChI is InChI=1S/C10H18F2/c1-8(2)5-4-6-9(3)7-10(11)12/h5,9-10H,4,6-7H2,1-3H3/t9-/m1/s1. The van der Waals surface area contributed by atoms with Gasteiger partial charge in [0.2, 0.25) is 6.43 Å². The third-order valence-electron chi connectivity index (χ3n) is 1.79. The topological polar surface area (TPSA) is 0 Å². The van der Waals surface area contributed by atoms with Gasteiger partial charge in [0.15, 0.2) is 0 Å². The number of halogens is 2.